The Morgan fingerprint density at radius 1 is 1.44 bits per heavy atom. The quantitative estimate of drug-likeness (QED) is 0.481. The van der Waals surface area contributed by atoms with Crippen molar-refractivity contribution in [1.29, 1.82) is 0 Å². The average Bonchev–Trinajstić information content (AvgIpc) is 2.26. The summed E-state index contributed by atoms with van der Waals surface area (Å²) < 4.78 is 0. The minimum atomic E-state index is 0.118. The second kappa shape index (κ2) is 1.09. The van der Waals surface area contributed by atoms with E-state index in [1.807, 2.05) is 0 Å². The van der Waals surface area contributed by atoms with E-state index in [9.17, 15) is 4.79 Å². The van der Waals surface area contributed by atoms with Crippen molar-refractivity contribution in [2.75, 3.05) is 0 Å². The maximum absolute atomic E-state index is 11.1. The zero-order chi connectivity index (χ0) is 6.70. The highest BCUT2D eigenvalue weighted by Crippen LogP contribution is 2.71. The highest BCUT2D eigenvalue weighted by molar-refractivity contribution is 5.91. The Bertz CT molecular complexity index is 181. The molecule has 0 aromatic carbocycles. The van der Waals surface area contributed by atoms with E-state index in [4.69, 9.17) is 0 Å². The zero-order valence-corrected chi connectivity index (χ0v) is 6.03. The van der Waals surface area contributed by atoms with Crippen LogP contribution < -0.4 is 0 Å². The Morgan fingerprint density at radius 3 is 2.22 bits per heavy atom. The molecule has 1 heteroatoms. The summed E-state index contributed by atoms with van der Waals surface area (Å²) in [6, 6.07) is 0. The van der Waals surface area contributed by atoms with Gasteiger partial charge >= 0.3 is 0 Å². The lowest BCUT2D eigenvalue weighted by molar-refractivity contribution is -0.122. The van der Waals surface area contributed by atoms with Crippen LogP contribution in [-0.2, 0) is 4.79 Å². The summed E-state index contributed by atoms with van der Waals surface area (Å²) in [5.74, 6) is 0.505. The maximum Gasteiger partial charge on any atom is 0.139 e. The van der Waals surface area contributed by atoms with Crippen molar-refractivity contribution in [2.24, 2.45) is 10.8 Å². The summed E-state index contributed by atoms with van der Waals surface area (Å²) in [6.07, 6.45) is 3.13. The molecule has 0 aromatic rings. The van der Waals surface area contributed by atoms with Crippen LogP contribution >= 0.6 is 0 Å². The second-order valence-electron chi connectivity index (χ2n) is 3.99. The summed E-state index contributed by atoms with van der Waals surface area (Å²) in [6.45, 7) is 4.35. The number of rotatable bonds is 0. The van der Waals surface area contributed by atoms with Crippen LogP contribution in [0.5, 0.6) is 0 Å². The molecule has 2 atom stereocenters. The number of hydrogen-bond donors (Lipinski definition) is 0. The molecule has 0 spiro atoms. The van der Waals surface area contributed by atoms with E-state index in [2.05, 4.69) is 13.8 Å². The minimum absolute atomic E-state index is 0.118. The highest BCUT2D eigenvalue weighted by atomic mass is 16.1. The summed E-state index contributed by atoms with van der Waals surface area (Å²) in [7, 11) is 0. The summed E-state index contributed by atoms with van der Waals surface area (Å²) >= 11 is 0. The van der Waals surface area contributed by atoms with Crippen LogP contribution in [0.25, 0.3) is 0 Å². The normalized spacial score (nSPS) is 55.6. The van der Waals surface area contributed by atoms with Gasteiger partial charge in [0.1, 0.15) is 5.78 Å². The minimum Gasteiger partial charge on any atom is -0.299 e. The number of ketones is 1. The first-order valence-corrected chi connectivity index (χ1v) is 3.62. The van der Waals surface area contributed by atoms with E-state index in [-0.39, 0.29) is 5.41 Å². The van der Waals surface area contributed by atoms with Crippen LogP contribution in [0.15, 0.2) is 0 Å². The van der Waals surface area contributed by atoms with Crippen LogP contribution in [0.4, 0.5) is 0 Å². The molecule has 2 aliphatic carbocycles. The van der Waals surface area contributed by atoms with Crippen LogP contribution in [0, 0.1) is 10.8 Å². The number of carbonyl (C=O) groups is 1. The third-order valence-electron chi connectivity index (χ3n) is 3.47. The molecule has 0 radical (unpaired) electrons. The van der Waals surface area contributed by atoms with Gasteiger partial charge in [-0.2, -0.15) is 0 Å². The fourth-order valence-electron chi connectivity index (χ4n) is 2.20. The van der Waals surface area contributed by atoms with E-state index < -0.39 is 0 Å². The molecule has 2 rings (SSSR count). The smallest absolute Gasteiger partial charge is 0.139 e. The molecule has 2 saturated carbocycles. The molecule has 0 unspecified atom stereocenters. The molecule has 0 aromatic heterocycles. The van der Waals surface area contributed by atoms with Gasteiger partial charge in [0, 0.05) is 11.8 Å². The van der Waals surface area contributed by atoms with Gasteiger partial charge in [-0.25, -0.2) is 0 Å². The topological polar surface area (TPSA) is 17.1 Å². The van der Waals surface area contributed by atoms with Crippen molar-refractivity contribution < 1.29 is 4.79 Å². The number of hydrogen-bond acceptors (Lipinski definition) is 1. The summed E-state index contributed by atoms with van der Waals surface area (Å²) in [5, 5.41) is 0. The first kappa shape index (κ1) is 5.45. The third-order valence-corrected chi connectivity index (χ3v) is 3.47. The molecule has 0 aliphatic heterocycles. The van der Waals surface area contributed by atoms with E-state index >= 15 is 0 Å². The number of carbonyl (C=O) groups excluding carboxylic acids is 1. The predicted molar refractivity (Wildman–Crippen MR) is 35.1 cm³/mol. The monoisotopic (exact) mass is 124 g/mol. The van der Waals surface area contributed by atoms with Crippen molar-refractivity contribution in [3.63, 3.8) is 0 Å². The molecule has 1 nitrogen and oxygen atoms in total. The van der Waals surface area contributed by atoms with Gasteiger partial charge in [0.15, 0.2) is 0 Å². The Hall–Kier alpha value is -0.330. The summed E-state index contributed by atoms with van der Waals surface area (Å²) in [4.78, 5) is 11.1. The SMILES string of the molecule is C[C@]12CCC(=O)[C@@]1(C)C2. The van der Waals surface area contributed by atoms with Gasteiger partial charge in [0.05, 0.1) is 0 Å². The molecule has 2 aliphatic rings. The van der Waals surface area contributed by atoms with Gasteiger partial charge in [-0.1, -0.05) is 13.8 Å². The van der Waals surface area contributed by atoms with Gasteiger partial charge in [0.25, 0.3) is 0 Å². The van der Waals surface area contributed by atoms with Gasteiger partial charge in [-0.05, 0) is 18.3 Å². The molecule has 0 amide bonds. The zero-order valence-electron chi connectivity index (χ0n) is 6.03. The Kier molecular flexibility index (Phi) is 0.662. The fraction of sp³-hybridized carbons (Fsp3) is 0.875. The van der Waals surface area contributed by atoms with Gasteiger partial charge in [0.2, 0.25) is 0 Å². The van der Waals surface area contributed by atoms with Gasteiger partial charge < -0.3 is 0 Å². The van der Waals surface area contributed by atoms with Gasteiger partial charge in [-0.3, -0.25) is 4.79 Å². The molecule has 50 valence electrons. The molecule has 2 fully saturated rings. The van der Waals surface area contributed by atoms with E-state index in [1.165, 1.54) is 0 Å². The second-order valence-corrected chi connectivity index (χ2v) is 3.99. The Balaban J connectivity index is 2.37. The van der Waals surface area contributed by atoms with E-state index in [0.29, 0.717) is 11.2 Å². The van der Waals surface area contributed by atoms with E-state index in [0.717, 1.165) is 19.3 Å². The standard InChI is InChI=1S/C8H12O/c1-7-4-3-6(9)8(7,2)5-7/h3-5H2,1-2H3/t7-,8-/m1/s1. The van der Waals surface area contributed by atoms with Crippen LogP contribution in [0.1, 0.15) is 33.1 Å². The van der Waals surface area contributed by atoms with Crippen molar-refractivity contribution in [1.82, 2.24) is 0 Å². The first-order chi connectivity index (χ1) is 4.08. The van der Waals surface area contributed by atoms with E-state index in [1.54, 1.807) is 0 Å². The van der Waals surface area contributed by atoms with Crippen molar-refractivity contribution >= 4 is 5.78 Å². The molecule has 0 heterocycles. The maximum atomic E-state index is 11.1. The largest absolute Gasteiger partial charge is 0.299 e. The molecule has 0 bridgehead atoms. The molecular formula is C8H12O. The van der Waals surface area contributed by atoms with Crippen LogP contribution in [0.2, 0.25) is 0 Å². The number of Topliss-reactive ketones (excluding diaryl/α,β-unsaturated/α-hetero) is 1. The van der Waals surface area contributed by atoms with Crippen molar-refractivity contribution in [2.45, 2.75) is 33.1 Å². The molecular weight excluding hydrogens is 112 g/mol. The Labute approximate surface area is 55.4 Å². The summed E-state index contributed by atoms with van der Waals surface area (Å²) in [5.41, 5.74) is 0.539. The van der Waals surface area contributed by atoms with Crippen molar-refractivity contribution in [3.05, 3.63) is 0 Å². The fourth-order valence-corrected chi connectivity index (χ4v) is 2.20. The van der Waals surface area contributed by atoms with Gasteiger partial charge in [-0.15, -0.1) is 0 Å². The first-order valence-electron chi connectivity index (χ1n) is 3.62. The lowest BCUT2D eigenvalue weighted by Gasteiger charge is -2.02. The lowest BCUT2D eigenvalue weighted by atomic mass is 10.0. The number of fused-ring (bicyclic) bond motifs is 1. The molecule has 0 saturated heterocycles. The molecule has 0 N–H and O–H groups in total. The van der Waals surface area contributed by atoms with Crippen molar-refractivity contribution in [3.8, 4) is 0 Å². The average molecular weight is 124 g/mol. The molecule has 9 heavy (non-hydrogen) atoms. The predicted octanol–water partition coefficient (Wildman–Crippen LogP) is 1.77. The lowest BCUT2D eigenvalue weighted by Crippen LogP contribution is -2.08. The highest BCUT2D eigenvalue weighted by Gasteiger charge is 2.68. The third kappa shape index (κ3) is 0.405. The van der Waals surface area contributed by atoms with Crippen LogP contribution in [-0.4, -0.2) is 5.78 Å². The van der Waals surface area contributed by atoms with Crippen LogP contribution in [0.3, 0.4) is 0 Å². The Morgan fingerprint density at radius 2 is 2.11 bits per heavy atom.